The number of benzene rings is 1. The van der Waals surface area contributed by atoms with Crippen LogP contribution < -0.4 is 0 Å². The van der Waals surface area contributed by atoms with E-state index in [4.69, 9.17) is 4.55 Å². The van der Waals surface area contributed by atoms with Crippen LogP contribution in [0, 0.1) is 0 Å². The van der Waals surface area contributed by atoms with E-state index in [9.17, 15) is 21.4 Å². The molecule has 0 aliphatic carbocycles. The molecule has 0 fully saturated rings. The molecular formula is C16H24NO6S2+. The van der Waals surface area contributed by atoms with Gasteiger partial charge in [-0.15, -0.1) is 0 Å². The molecule has 1 atom stereocenters. The molecule has 0 saturated heterocycles. The Labute approximate surface area is 148 Å². The Bertz CT molecular complexity index is 918. The number of hydrogen-bond acceptors (Lipinski definition) is 4. The summed E-state index contributed by atoms with van der Waals surface area (Å²) in [5.74, 6) is -0.294. The lowest BCUT2D eigenvalue weighted by molar-refractivity contribution is -0.434. The third kappa shape index (κ3) is 4.11. The van der Waals surface area contributed by atoms with Crippen molar-refractivity contribution in [2.24, 2.45) is 0 Å². The molecule has 1 aromatic rings. The highest BCUT2D eigenvalue weighted by atomic mass is 32.2. The largest absolute Gasteiger partial charge is 0.294 e. The second-order valence-electron chi connectivity index (χ2n) is 6.56. The van der Waals surface area contributed by atoms with E-state index in [0.29, 0.717) is 25.8 Å². The van der Waals surface area contributed by atoms with Gasteiger partial charge in [0, 0.05) is 18.6 Å². The minimum absolute atomic E-state index is 0.152. The van der Waals surface area contributed by atoms with Crippen molar-refractivity contribution in [3.63, 3.8) is 0 Å². The maximum absolute atomic E-state index is 11.5. The van der Waals surface area contributed by atoms with Crippen molar-refractivity contribution >= 4 is 31.6 Å². The molecule has 0 aromatic heterocycles. The van der Waals surface area contributed by atoms with Crippen molar-refractivity contribution in [3.8, 4) is 0 Å². The van der Waals surface area contributed by atoms with Gasteiger partial charge in [-0.25, -0.2) is 0 Å². The zero-order valence-corrected chi connectivity index (χ0v) is 16.2. The molecule has 0 amide bonds. The molecule has 0 bridgehead atoms. The summed E-state index contributed by atoms with van der Waals surface area (Å²) in [5.41, 5.74) is 2.27. The van der Waals surface area contributed by atoms with Gasteiger partial charge in [0.25, 0.3) is 20.2 Å². The molecule has 9 heteroatoms. The van der Waals surface area contributed by atoms with Crippen LogP contribution in [0.1, 0.15) is 45.6 Å². The van der Waals surface area contributed by atoms with E-state index in [1.54, 1.807) is 6.07 Å². The lowest BCUT2D eigenvalue weighted by atomic mass is 9.76. The van der Waals surface area contributed by atoms with Crippen LogP contribution in [0.15, 0.2) is 23.1 Å². The van der Waals surface area contributed by atoms with Crippen LogP contribution in [0.4, 0.5) is 5.69 Å². The van der Waals surface area contributed by atoms with E-state index in [0.717, 1.165) is 17.0 Å². The van der Waals surface area contributed by atoms with Crippen molar-refractivity contribution < 1.29 is 30.5 Å². The normalized spacial score (nSPS) is 20.8. The minimum Gasteiger partial charge on any atom is -0.286 e. The molecule has 1 aliphatic heterocycles. The van der Waals surface area contributed by atoms with Crippen molar-refractivity contribution in [3.05, 3.63) is 23.8 Å². The fraction of sp³-hybridized carbons (Fsp3) is 0.562. The van der Waals surface area contributed by atoms with Crippen LogP contribution in [-0.2, 0) is 25.7 Å². The number of hydrogen-bond donors (Lipinski definition) is 2. The van der Waals surface area contributed by atoms with Gasteiger partial charge in [-0.2, -0.15) is 21.4 Å². The van der Waals surface area contributed by atoms with Crippen LogP contribution in [0.25, 0.3) is 0 Å². The maximum Gasteiger partial charge on any atom is 0.294 e. The lowest BCUT2D eigenvalue weighted by Gasteiger charge is -2.22. The quantitative estimate of drug-likeness (QED) is 0.420. The Kier molecular flexibility index (Phi) is 5.44. The Morgan fingerprint density at radius 3 is 2.28 bits per heavy atom. The summed E-state index contributed by atoms with van der Waals surface area (Å²) in [4.78, 5) is -0.152. The topological polar surface area (TPSA) is 112 Å². The first kappa shape index (κ1) is 20.0. The van der Waals surface area contributed by atoms with Crippen LogP contribution in [0.3, 0.4) is 0 Å². The van der Waals surface area contributed by atoms with E-state index in [1.165, 1.54) is 12.1 Å². The predicted molar refractivity (Wildman–Crippen MR) is 95.0 cm³/mol. The highest BCUT2D eigenvalue weighted by Crippen LogP contribution is 2.43. The minimum atomic E-state index is -4.30. The fourth-order valence-corrected chi connectivity index (χ4v) is 4.59. The summed E-state index contributed by atoms with van der Waals surface area (Å²) >= 11 is 0. The molecule has 0 radical (unpaired) electrons. The predicted octanol–water partition coefficient (Wildman–Crippen LogP) is 2.39. The Morgan fingerprint density at radius 1 is 1.12 bits per heavy atom. The summed E-state index contributed by atoms with van der Waals surface area (Å²) in [6.07, 6.45) is 1.48. The molecular weight excluding hydrogens is 366 g/mol. The zero-order valence-electron chi connectivity index (χ0n) is 14.6. The summed E-state index contributed by atoms with van der Waals surface area (Å²) in [6.45, 7) is 6.66. The van der Waals surface area contributed by atoms with Crippen molar-refractivity contribution in [2.45, 2.75) is 50.3 Å². The molecule has 1 aromatic carbocycles. The first-order valence-electron chi connectivity index (χ1n) is 8.09. The van der Waals surface area contributed by atoms with Gasteiger partial charge in [0.05, 0.1) is 16.1 Å². The third-order valence-corrected chi connectivity index (χ3v) is 6.65. The van der Waals surface area contributed by atoms with Crippen molar-refractivity contribution in [2.75, 3.05) is 12.3 Å². The first-order valence-corrected chi connectivity index (χ1v) is 11.1. The molecule has 0 saturated carbocycles. The average molecular weight is 391 g/mol. The average Bonchev–Trinajstić information content (AvgIpc) is 2.70. The fourth-order valence-electron chi connectivity index (χ4n) is 3.51. The van der Waals surface area contributed by atoms with E-state index in [2.05, 4.69) is 4.58 Å². The van der Waals surface area contributed by atoms with Crippen molar-refractivity contribution in [1.82, 2.24) is 0 Å². The molecule has 1 unspecified atom stereocenters. The van der Waals surface area contributed by atoms with E-state index in [-0.39, 0.29) is 10.6 Å². The molecule has 0 spiro atoms. The smallest absolute Gasteiger partial charge is 0.286 e. The van der Waals surface area contributed by atoms with E-state index in [1.807, 2.05) is 20.8 Å². The monoisotopic (exact) mass is 390 g/mol. The molecule has 2 N–H and O–H groups in total. The van der Waals surface area contributed by atoms with Gasteiger partial charge in [0.2, 0.25) is 5.69 Å². The summed E-state index contributed by atoms with van der Waals surface area (Å²) in [7, 11) is -8.29. The van der Waals surface area contributed by atoms with Crippen molar-refractivity contribution in [1.29, 1.82) is 0 Å². The number of rotatable bonds is 7. The van der Waals surface area contributed by atoms with Crippen LogP contribution in [-0.4, -0.2) is 48.5 Å². The summed E-state index contributed by atoms with van der Waals surface area (Å²) in [5, 5.41) is 0. The number of fused-ring (bicyclic) bond motifs is 1. The molecule has 2 rings (SSSR count). The van der Waals surface area contributed by atoms with Gasteiger partial charge in [-0.3, -0.25) is 9.11 Å². The number of nitrogens with zero attached hydrogens (tertiary/aromatic N) is 1. The van der Waals surface area contributed by atoms with Crippen LogP contribution in [0.2, 0.25) is 0 Å². The highest BCUT2D eigenvalue weighted by Gasteiger charge is 2.46. The second-order valence-corrected chi connectivity index (χ2v) is 9.55. The third-order valence-electron chi connectivity index (χ3n) is 5.00. The number of unbranched alkanes of at least 4 members (excludes halogenated alkanes) is 1. The van der Waals surface area contributed by atoms with E-state index >= 15 is 0 Å². The first-order chi connectivity index (χ1) is 11.4. The maximum atomic E-state index is 11.5. The zero-order chi connectivity index (χ0) is 19.0. The lowest BCUT2D eigenvalue weighted by Crippen LogP contribution is -2.30. The Morgan fingerprint density at radius 2 is 1.76 bits per heavy atom. The summed E-state index contributed by atoms with van der Waals surface area (Å²) < 4.78 is 65.0. The highest BCUT2D eigenvalue weighted by molar-refractivity contribution is 7.86. The second kappa shape index (κ2) is 6.79. The Balaban J connectivity index is 2.39. The van der Waals surface area contributed by atoms with Gasteiger partial charge in [-0.05, 0) is 38.8 Å². The van der Waals surface area contributed by atoms with Gasteiger partial charge in [0.1, 0.15) is 6.54 Å². The summed E-state index contributed by atoms with van der Waals surface area (Å²) in [6, 6.07) is 4.57. The van der Waals surface area contributed by atoms with Gasteiger partial charge < -0.3 is 0 Å². The Hall–Kier alpha value is -1.29. The van der Waals surface area contributed by atoms with Crippen LogP contribution in [0.5, 0.6) is 0 Å². The molecule has 25 heavy (non-hydrogen) atoms. The van der Waals surface area contributed by atoms with Gasteiger partial charge in [0.15, 0.2) is 5.71 Å². The van der Waals surface area contributed by atoms with Gasteiger partial charge in [-0.1, -0.05) is 6.42 Å². The van der Waals surface area contributed by atoms with Crippen LogP contribution >= 0.6 is 0 Å². The van der Waals surface area contributed by atoms with E-state index < -0.39 is 25.7 Å². The van der Waals surface area contributed by atoms with Gasteiger partial charge >= 0.3 is 0 Å². The molecule has 7 nitrogen and oxygen atoms in total. The SMILES string of the molecule is CC[N+]1=C(C)C(C)(CCCCS(=O)(=O)O)c2cc(S(=O)(=O)O)ccc21. The molecule has 1 aliphatic rings. The molecule has 140 valence electrons. The molecule has 1 heterocycles. The standard InChI is InChI=1S/C16H23NO6S2/c1-4-17-12(2)16(3,9-5-6-10-24(18,19)20)14-11-13(25(21,22)23)7-8-15(14)17/h7-8,11H,4-6,9-10H2,1-3H3,(H-,18,19,20,21,22,23)/p+1.